The van der Waals surface area contributed by atoms with Crippen LogP contribution in [0.5, 0.6) is 0 Å². The van der Waals surface area contributed by atoms with Crippen LogP contribution in [-0.2, 0) is 19.1 Å². The van der Waals surface area contributed by atoms with E-state index >= 15 is 0 Å². The smallest absolute Gasteiger partial charge is 0.407 e. The van der Waals surface area contributed by atoms with Gasteiger partial charge in [0.05, 0.1) is 25.2 Å². The first-order valence-corrected chi connectivity index (χ1v) is 11.1. The third-order valence-corrected chi connectivity index (χ3v) is 5.60. The van der Waals surface area contributed by atoms with Crippen molar-refractivity contribution in [2.45, 2.75) is 37.8 Å². The lowest BCUT2D eigenvalue weighted by Gasteiger charge is -2.26. The number of nitrogens with one attached hydrogen (secondary N) is 2. The Hall–Kier alpha value is -3.43. The fourth-order valence-corrected chi connectivity index (χ4v) is 3.96. The minimum atomic E-state index is -1.32. The van der Waals surface area contributed by atoms with E-state index in [1.54, 1.807) is 13.8 Å². The number of carboxylic acids is 1. The van der Waals surface area contributed by atoms with Crippen LogP contribution in [-0.4, -0.2) is 66.2 Å². The lowest BCUT2D eigenvalue weighted by molar-refractivity contribution is -0.140. The number of hydrogen-bond acceptors (Lipinski definition) is 6. The summed E-state index contributed by atoms with van der Waals surface area (Å²) < 4.78 is 10.9. The van der Waals surface area contributed by atoms with Gasteiger partial charge in [-0.25, -0.2) is 4.79 Å². The molecule has 0 aliphatic heterocycles. The molecule has 1 aliphatic rings. The molecule has 0 saturated carbocycles. The number of aliphatic hydroxyl groups is 1. The van der Waals surface area contributed by atoms with Crippen LogP contribution in [0.15, 0.2) is 48.5 Å². The first-order chi connectivity index (χ1) is 16.2. The van der Waals surface area contributed by atoms with Gasteiger partial charge in [0.25, 0.3) is 0 Å². The first-order valence-electron chi connectivity index (χ1n) is 11.1. The monoisotopic (exact) mass is 470 g/mol. The molecule has 9 nitrogen and oxygen atoms in total. The van der Waals surface area contributed by atoms with Crippen LogP contribution in [0.4, 0.5) is 4.79 Å². The van der Waals surface area contributed by atoms with Crippen molar-refractivity contribution >= 4 is 18.0 Å². The summed E-state index contributed by atoms with van der Waals surface area (Å²) in [6.07, 6.45) is -1.48. The number of alkyl carbamates (subject to hydrolysis) is 1. The van der Waals surface area contributed by atoms with Gasteiger partial charge in [-0.1, -0.05) is 48.5 Å². The van der Waals surface area contributed by atoms with E-state index in [0.717, 1.165) is 22.3 Å². The molecule has 0 spiro atoms. The number of aliphatic hydroxyl groups excluding tert-OH is 1. The molecule has 34 heavy (non-hydrogen) atoms. The van der Waals surface area contributed by atoms with E-state index in [4.69, 9.17) is 14.6 Å². The van der Waals surface area contributed by atoms with Gasteiger partial charge in [0.15, 0.2) is 0 Å². The Balaban J connectivity index is 1.61. The number of benzene rings is 2. The van der Waals surface area contributed by atoms with Crippen LogP contribution in [0.1, 0.15) is 37.3 Å². The SMILES string of the molecule is CC(C)(CNC(=O)C(CC(=O)O)NC(=O)OCC1c2ccccc2-c2ccccc21)OCCO. The quantitative estimate of drug-likeness (QED) is 0.396. The third kappa shape index (κ3) is 6.33. The highest BCUT2D eigenvalue weighted by molar-refractivity contribution is 5.89. The molecule has 2 aromatic rings. The fourth-order valence-electron chi connectivity index (χ4n) is 3.96. The number of fused-ring (bicyclic) bond motifs is 3. The van der Waals surface area contributed by atoms with Crippen molar-refractivity contribution in [1.29, 1.82) is 0 Å². The molecule has 0 bridgehead atoms. The number of carbonyl (C=O) groups excluding carboxylic acids is 2. The lowest BCUT2D eigenvalue weighted by Crippen LogP contribution is -2.51. The standard InChI is InChI=1S/C25H30N2O7/c1-25(2,34-12-11-28)15-26-23(31)21(13-22(29)30)27-24(32)33-14-20-18-9-5-3-7-16(18)17-8-4-6-10-19(17)20/h3-10,20-21,28H,11-15H2,1-2H3,(H,26,31)(H,27,32)(H,29,30). The summed E-state index contributed by atoms with van der Waals surface area (Å²) >= 11 is 0. The van der Waals surface area contributed by atoms with Crippen molar-refractivity contribution in [3.05, 3.63) is 59.7 Å². The molecule has 0 heterocycles. The number of hydrogen-bond donors (Lipinski definition) is 4. The lowest BCUT2D eigenvalue weighted by atomic mass is 9.98. The molecule has 1 aliphatic carbocycles. The third-order valence-electron chi connectivity index (χ3n) is 5.60. The molecule has 0 saturated heterocycles. The van der Waals surface area contributed by atoms with Crippen LogP contribution in [0.2, 0.25) is 0 Å². The largest absolute Gasteiger partial charge is 0.481 e. The second-order valence-electron chi connectivity index (χ2n) is 8.67. The van der Waals surface area contributed by atoms with Gasteiger partial charge in [0.1, 0.15) is 12.6 Å². The van der Waals surface area contributed by atoms with Gasteiger partial charge >= 0.3 is 12.1 Å². The summed E-state index contributed by atoms with van der Waals surface area (Å²) in [5.41, 5.74) is 3.47. The molecule has 9 heteroatoms. The Labute approximate surface area is 198 Å². The molecular weight excluding hydrogens is 440 g/mol. The molecule has 0 radical (unpaired) electrons. The van der Waals surface area contributed by atoms with E-state index in [0.29, 0.717) is 0 Å². The van der Waals surface area contributed by atoms with Gasteiger partial charge in [0.2, 0.25) is 5.91 Å². The molecule has 0 aromatic heterocycles. The van der Waals surface area contributed by atoms with Crippen LogP contribution < -0.4 is 10.6 Å². The molecule has 2 amide bonds. The van der Waals surface area contributed by atoms with E-state index in [1.165, 1.54) is 0 Å². The molecular formula is C25H30N2O7. The Kier molecular flexibility index (Phi) is 8.25. The van der Waals surface area contributed by atoms with Crippen molar-refractivity contribution < 1.29 is 34.1 Å². The molecule has 4 N–H and O–H groups in total. The summed E-state index contributed by atoms with van der Waals surface area (Å²) in [5.74, 6) is -2.07. The molecule has 0 fully saturated rings. The zero-order valence-corrected chi connectivity index (χ0v) is 19.2. The zero-order chi connectivity index (χ0) is 24.7. The topological polar surface area (TPSA) is 134 Å². The van der Waals surface area contributed by atoms with Crippen molar-refractivity contribution in [2.75, 3.05) is 26.4 Å². The number of amides is 2. The maximum atomic E-state index is 12.6. The van der Waals surface area contributed by atoms with Gasteiger partial charge in [-0.3, -0.25) is 9.59 Å². The van der Waals surface area contributed by atoms with Crippen molar-refractivity contribution in [2.24, 2.45) is 0 Å². The van der Waals surface area contributed by atoms with E-state index in [2.05, 4.69) is 10.6 Å². The average Bonchev–Trinajstić information content (AvgIpc) is 3.13. The van der Waals surface area contributed by atoms with E-state index in [9.17, 15) is 19.5 Å². The molecule has 3 rings (SSSR count). The number of carboxylic acid groups (broad SMARTS) is 1. The molecule has 2 aromatic carbocycles. The number of aliphatic carboxylic acids is 1. The fraction of sp³-hybridized carbons (Fsp3) is 0.400. The van der Waals surface area contributed by atoms with Gasteiger partial charge in [-0.05, 0) is 36.1 Å². The second kappa shape index (κ2) is 11.1. The molecule has 1 atom stereocenters. The van der Waals surface area contributed by atoms with Crippen molar-refractivity contribution in [1.82, 2.24) is 10.6 Å². The molecule has 1 unspecified atom stereocenters. The van der Waals surface area contributed by atoms with Gasteiger partial charge in [-0.15, -0.1) is 0 Å². The minimum Gasteiger partial charge on any atom is -0.481 e. The van der Waals surface area contributed by atoms with Crippen LogP contribution >= 0.6 is 0 Å². The predicted molar refractivity (Wildman–Crippen MR) is 124 cm³/mol. The van der Waals surface area contributed by atoms with Gasteiger partial charge in [0, 0.05) is 12.5 Å². The summed E-state index contributed by atoms with van der Waals surface area (Å²) in [6.45, 7) is 3.47. The molecule has 182 valence electrons. The highest BCUT2D eigenvalue weighted by Gasteiger charge is 2.30. The summed E-state index contributed by atoms with van der Waals surface area (Å²) in [5, 5.41) is 23.0. The van der Waals surface area contributed by atoms with E-state index < -0.39 is 36.0 Å². The first kappa shape index (κ1) is 25.2. The minimum absolute atomic E-state index is 0.0449. The second-order valence-corrected chi connectivity index (χ2v) is 8.67. The van der Waals surface area contributed by atoms with Gasteiger partial charge in [-0.2, -0.15) is 0 Å². The summed E-state index contributed by atoms with van der Waals surface area (Å²) in [7, 11) is 0. The number of carbonyl (C=O) groups is 3. The van der Waals surface area contributed by atoms with Gasteiger partial charge < -0.3 is 30.3 Å². The van der Waals surface area contributed by atoms with E-state index in [1.807, 2.05) is 48.5 Å². The van der Waals surface area contributed by atoms with Crippen LogP contribution in [0.3, 0.4) is 0 Å². The Bertz CT molecular complexity index is 992. The van der Waals surface area contributed by atoms with Crippen LogP contribution in [0, 0.1) is 0 Å². The zero-order valence-electron chi connectivity index (χ0n) is 19.2. The normalized spacial score (nSPS) is 13.5. The average molecular weight is 471 g/mol. The Morgan fingerprint density at radius 3 is 2.18 bits per heavy atom. The maximum Gasteiger partial charge on any atom is 0.407 e. The highest BCUT2D eigenvalue weighted by atomic mass is 16.5. The predicted octanol–water partition coefficient (Wildman–Crippen LogP) is 2.27. The number of ether oxygens (including phenoxy) is 2. The summed E-state index contributed by atoms with van der Waals surface area (Å²) in [4.78, 5) is 36.3. The Morgan fingerprint density at radius 1 is 1.03 bits per heavy atom. The Morgan fingerprint density at radius 2 is 1.62 bits per heavy atom. The highest BCUT2D eigenvalue weighted by Crippen LogP contribution is 2.44. The van der Waals surface area contributed by atoms with Crippen LogP contribution in [0.25, 0.3) is 11.1 Å². The van der Waals surface area contributed by atoms with Crippen molar-refractivity contribution in [3.8, 4) is 11.1 Å². The summed E-state index contributed by atoms with van der Waals surface area (Å²) in [6, 6.07) is 14.5. The number of rotatable bonds is 11. The maximum absolute atomic E-state index is 12.6. The van der Waals surface area contributed by atoms with E-state index in [-0.39, 0.29) is 32.3 Å². The van der Waals surface area contributed by atoms with Crippen molar-refractivity contribution in [3.63, 3.8) is 0 Å².